The first-order valence-electron chi connectivity index (χ1n) is 8.95. The van der Waals surface area contributed by atoms with Gasteiger partial charge in [-0.25, -0.2) is 0 Å². The molecule has 0 aliphatic carbocycles. The minimum atomic E-state index is -2.84. The Hall–Kier alpha value is -1.73. The molecule has 0 aromatic heterocycles. The molecule has 146 valence electrons. The highest BCUT2D eigenvalue weighted by molar-refractivity contribution is 5.69. The molecule has 1 heterocycles. The van der Waals surface area contributed by atoms with E-state index in [1.54, 1.807) is 6.07 Å². The van der Waals surface area contributed by atoms with Crippen molar-refractivity contribution in [2.75, 3.05) is 26.7 Å². The standard InChI is InChI=1S/C19H28F2N2O3/c1-13-9-15(17(10-14(13)2)26-19(20)21)11-23-7-4-5-16(6-8-23)22(3)12-18(24)25/h9-10,16,19H,4-8,11-12H2,1-3H3,(H,24,25). The molecule has 1 fully saturated rings. The fourth-order valence-corrected chi connectivity index (χ4v) is 3.50. The molecule has 1 saturated heterocycles. The number of carbonyl (C=O) groups is 1. The molecule has 1 aliphatic heterocycles. The first-order chi connectivity index (χ1) is 12.3. The zero-order valence-corrected chi connectivity index (χ0v) is 15.7. The third-order valence-electron chi connectivity index (χ3n) is 5.09. The third-order valence-corrected chi connectivity index (χ3v) is 5.09. The van der Waals surface area contributed by atoms with Crippen LogP contribution in [0, 0.1) is 13.8 Å². The van der Waals surface area contributed by atoms with Crippen molar-refractivity contribution in [2.24, 2.45) is 0 Å². The Labute approximate surface area is 153 Å². The van der Waals surface area contributed by atoms with E-state index in [9.17, 15) is 13.6 Å². The van der Waals surface area contributed by atoms with E-state index in [0.29, 0.717) is 6.54 Å². The molecule has 1 aromatic carbocycles. The topological polar surface area (TPSA) is 53.0 Å². The molecule has 0 saturated carbocycles. The maximum atomic E-state index is 12.7. The van der Waals surface area contributed by atoms with Crippen LogP contribution in [0.15, 0.2) is 12.1 Å². The molecule has 1 N–H and O–H groups in total. The maximum absolute atomic E-state index is 12.7. The van der Waals surface area contributed by atoms with Gasteiger partial charge in [-0.2, -0.15) is 8.78 Å². The van der Waals surface area contributed by atoms with E-state index in [0.717, 1.165) is 49.0 Å². The lowest BCUT2D eigenvalue weighted by Gasteiger charge is -2.26. The van der Waals surface area contributed by atoms with Crippen molar-refractivity contribution in [3.8, 4) is 5.75 Å². The molecule has 1 aromatic rings. The molecule has 7 heteroatoms. The minimum absolute atomic E-state index is 0.0359. The number of rotatable bonds is 7. The van der Waals surface area contributed by atoms with Crippen molar-refractivity contribution in [1.82, 2.24) is 9.80 Å². The summed E-state index contributed by atoms with van der Waals surface area (Å²) in [5.41, 5.74) is 2.75. The summed E-state index contributed by atoms with van der Waals surface area (Å²) in [6.07, 6.45) is 2.75. The first-order valence-corrected chi connectivity index (χ1v) is 8.95. The fraction of sp³-hybridized carbons (Fsp3) is 0.632. The van der Waals surface area contributed by atoms with Crippen LogP contribution in [0.4, 0.5) is 8.78 Å². The van der Waals surface area contributed by atoms with Crippen molar-refractivity contribution in [3.63, 3.8) is 0 Å². The highest BCUT2D eigenvalue weighted by Gasteiger charge is 2.23. The average Bonchev–Trinajstić information content (AvgIpc) is 2.77. The second kappa shape index (κ2) is 9.28. The molecular formula is C19H28F2N2O3. The van der Waals surface area contributed by atoms with E-state index < -0.39 is 12.6 Å². The van der Waals surface area contributed by atoms with Crippen LogP contribution in [0.3, 0.4) is 0 Å². The number of carboxylic acids is 1. The van der Waals surface area contributed by atoms with Crippen LogP contribution in [0.25, 0.3) is 0 Å². The summed E-state index contributed by atoms with van der Waals surface area (Å²) in [4.78, 5) is 15.0. The molecule has 0 amide bonds. The molecule has 2 rings (SSSR count). The molecular weight excluding hydrogens is 342 g/mol. The number of aryl methyl sites for hydroxylation is 2. The van der Waals surface area contributed by atoms with Crippen molar-refractivity contribution in [3.05, 3.63) is 28.8 Å². The normalized spacial score (nSPS) is 19.0. The van der Waals surface area contributed by atoms with Gasteiger partial charge in [0, 0.05) is 18.2 Å². The molecule has 1 atom stereocenters. The van der Waals surface area contributed by atoms with Crippen molar-refractivity contribution in [2.45, 2.75) is 52.3 Å². The molecule has 1 unspecified atom stereocenters. The molecule has 5 nitrogen and oxygen atoms in total. The van der Waals surface area contributed by atoms with Crippen molar-refractivity contribution >= 4 is 5.97 Å². The summed E-state index contributed by atoms with van der Waals surface area (Å²) in [6, 6.07) is 3.83. The van der Waals surface area contributed by atoms with Crippen LogP contribution in [0.5, 0.6) is 5.75 Å². The van der Waals surface area contributed by atoms with Gasteiger partial charge in [0.05, 0.1) is 6.54 Å². The van der Waals surface area contributed by atoms with Gasteiger partial charge in [-0.05, 0) is 70.4 Å². The van der Waals surface area contributed by atoms with Crippen LogP contribution < -0.4 is 4.74 Å². The number of ether oxygens (including phenoxy) is 1. The summed E-state index contributed by atoms with van der Waals surface area (Å²) in [5, 5.41) is 8.96. The van der Waals surface area contributed by atoms with E-state index in [4.69, 9.17) is 9.84 Å². The molecule has 0 bridgehead atoms. The van der Waals surface area contributed by atoms with E-state index in [2.05, 4.69) is 4.90 Å². The smallest absolute Gasteiger partial charge is 0.387 e. The Bertz CT molecular complexity index is 625. The SMILES string of the molecule is Cc1cc(CN2CCCC(N(C)CC(=O)O)CC2)c(OC(F)F)cc1C. The number of carboxylic acid groups (broad SMARTS) is 1. The van der Waals surface area contributed by atoms with Gasteiger partial charge >= 0.3 is 12.6 Å². The number of halogens is 2. The Kier molecular flexibility index (Phi) is 7.34. The zero-order chi connectivity index (χ0) is 19.3. The van der Waals surface area contributed by atoms with Crippen LogP contribution in [0.1, 0.15) is 36.0 Å². The van der Waals surface area contributed by atoms with Crippen LogP contribution in [-0.2, 0) is 11.3 Å². The van der Waals surface area contributed by atoms with Crippen LogP contribution in [-0.4, -0.2) is 60.2 Å². The van der Waals surface area contributed by atoms with Gasteiger partial charge in [0.1, 0.15) is 5.75 Å². The first kappa shape index (κ1) is 20.6. The Balaban J connectivity index is 2.04. The highest BCUT2D eigenvalue weighted by atomic mass is 19.3. The van der Waals surface area contributed by atoms with Gasteiger partial charge in [0.15, 0.2) is 0 Å². The Morgan fingerprint density at radius 3 is 2.65 bits per heavy atom. The van der Waals surface area contributed by atoms with Crippen molar-refractivity contribution < 1.29 is 23.4 Å². The van der Waals surface area contributed by atoms with E-state index in [1.807, 2.05) is 31.9 Å². The molecule has 1 aliphatic rings. The van der Waals surface area contributed by atoms with E-state index >= 15 is 0 Å². The summed E-state index contributed by atoms with van der Waals surface area (Å²) in [5.74, 6) is -0.579. The lowest BCUT2D eigenvalue weighted by molar-refractivity contribution is -0.138. The summed E-state index contributed by atoms with van der Waals surface area (Å²) >= 11 is 0. The Morgan fingerprint density at radius 2 is 2.00 bits per heavy atom. The lowest BCUT2D eigenvalue weighted by atomic mass is 10.0. The predicted molar refractivity (Wildman–Crippen MR) is 95.7 cm³/mol. The number of likely N-dealkylation sites (tertiary alicyclic amines) is 1. The quantitative estimate of drug-likeness (QED) is 0.798. The van der Waals surface area contributed by atoms with Gasteiger partial charge < -0.3 is 9.84 Å². The minimum Gasteiger partial charge on any atom is -0.480 e. The molecule has 0 radical (unpaired) electrons. The maximum Gasteiger partial charge on any atom is 0.387 e. The van der Waals surface area contributed by atoms with Gasteiger partial charge in [-0.3, -0.25) is 14.6 Å². The van der Waals surface area contributed by atoms with Crippen LogP contribution >= 0.6 is 0 Å². The Morgan fingerprint density at radius 1 is 1.31 bits per heavy atom. The van der Waals surface area contributed by atoms with Crippen LogP contribution in [0.2, 0.25) is 0 Å². The lowest BCUT2D eigenvalue weighted by Crippen LogP contribution is -2.36. The zero-order valence-electron chi connectivity index (χ0n) is 15.7. The molecule has 26 heavy (non-hydrogen) atoms. The number of hydrogen-bond donors (Lipinski definition) is 1. The van der Waals surface area contributed by atoms with E-state index in [1.165, 1.54) is 0 Å². The number of alkyl halides is 2. The predicted octanol–water partition coefficient (Wildman–Crippen LogP) is 3.28. The van der Waals surface area contributed by atoms with Gasteiger partial charge in [-0.15, -0.1) is 0 Å². The van der Waals surface area contributed by atoms with Gasteiger partial charge in [0.25, 0.3) is 0 Å². The summed E-state index contributed by atoms with van der Waals surface area (Å²) in [7, 11) is 1.84. The second-order valence-corrected chi connectivity index (χ2v) is 7.09. The fourth-order valence-electron chi connectivity index (χ4n) is 3.50. The van der Waals surface area contributed by atoms with Gasteiger partial charge in [-0.1, -0.05) is 6.07 Å². The number of nitrogens with zero attached hydrogens (tertiary/aromatic N) is 2. The van der Waals surface area contributed by atoms with Gasteiger partial charge in [0.2, 0.25) is 0 Å². The van der Waals surface area contributed by atoms with Crippen molar-refractivity contribution in [1.29, 1.82) is 0 Å². The van der Waals surface area contributed by atoms with E-state index in [-0.39, 0.29) is 18.3 Å². The monoisotopic (exact) mass is 370 g/mol. The number of benzene rings is 1. The summed E-state index contributed by atoms with van der Waals surface area (Å²) in [6.45, 7) is 3.26. The second-order valence-electron chi connectivity index (χ2n) is 7.09. The number of likely N-dealkylation sites (N-methyl/N-ethyl adjacent to an activating group) is 1. The summed E-state index contributed by atoms with van der Waals surface area (Å²) < 4.78 is 30.2. The largest absolute Gasteiger partial charge is 0.480 e. The molecule has 0 spiro atoms. The number of aliphatic carboxylic acids is 1. The highest BCUT2D eigenvalue weighted by Crippen LogP contribution is 2.27. The average molecular weight is 370 g/mol. The number of hydrogen-bond acceptors (Lipinski definition) is 4. The third kappa shape index (κ3) is 5.92.